The van der Waals surface area contributed by atoms with Crippen LogP contribution in [0.3, 0.4) is 0 Å². The zero-order valence-corrected chi connectivity index (χ0v) is 11.1. The third-order valence-corrected chi connectivity index (χ3v) is 3.94. The Kier molecular flexibility index (Phi) is 2.33. The van der Waals surface area contributed by atoms with E-state index < -0.39 is 0 Å². The summed E-state index contributed by atoms with van der Waals surface area (Å²) in [6.07, 6.45) is 3.56. The Morgan fingerprint density at radius 1 is 1.40 bits per heavy atom. The molecule has 6 heteroatoms. The number of aryl methyl sites for hydroxylation is 1. The lowest BCUT2D eigenvalue weighted by Crippen LogP contribution is -2.36. The molecule has 20 heavy (non-hydrogen) atoms. The predicted molar refractivity (Wildman–Crippen MR) is 71.8 cm³/mol. The summed E-state index contributed by atoms with van der Waals surface area (Å²) < 4.78 is 7.02. The van der Waals surface area contributed by atoms with E-state index in [0.717, 1.165) is 41.8 Å². The summed E-state index contributed by atoms with van der Waals surface area (Å²) in [4.78, 5) is 16.3. The molecule has 0 radical (unpaired) electrons. The van der Waals surface area contributed by atoms with Gasteiger partial charge in [-0.05, 0) is 18.4 Å². The molecule has 1 aliphatic heterocycles. The molecule has 0 bridgehead atoms. The number of rotatable bonds is 1. The van der Waals surface area contributed by atoms with Gasteiger partial charge in [-0.25, -0.2) is 4.98 Å². The van der Waals surface area contributed by atoms with Crippen molar-refractivity contribution in [1.29, 1.82) is 0 Å². The summed E-state index contributed by atoms with van der Waals surface area (Å²) in [6.45, 7) is 1.37. The first-order chi connectivity index (χ1) is 9.78. The highest BCUT2D eigenvalue weighted by Crippen LogP contribution is 2.36. The van der Waals surface area contributed by atoms with E-state index in [9.17, 15) is 4.79 Å². The van der Waals surface area contributed by atoms with E-state index in [2.05, 4.69) is 15.4 Å². The third-order valence-electron chi connectivity index (χ3n) is 3.94. The molecule has 0 spiro atoms. The van der Waals surface area contributed by atoms with Gasteiger partial charge in [0.05, 0.1) is 19.3 Å². The molecule has 2 aliphatic rings. The summed E-state index contributed by atoms with van der Waals surface area (Å²) in [5, 5.41) is 7.52. The van der Waals surface area contributed by atoms with Crippen molar-refractivity contribution in [3.8, 4) is 17.1 Å². The minimum Gasteiger partial charge on any atom is -0.481 e. The topological polar surface area (TPSA) is 69.0 Å². The van der Waals surface area contributed by atoms with Crippen LogP contribution in [0.5, 0.6) is 5.88 Å². The van der Waals surface area contributed by atoms with Crippen LogP contribution < -0.4 is 10.1 Å². The minimum atomic E-state index is -0.0190. The van der Waals surface area contributed by atoms with Crippen LogP contribution in [-0.2, 0) is 19.4 Å². The zero-order valence-electron chi connectivity index (χ0n) is 11.1. The average molecular weight is 270 g/mol. The standard InChI is InChI=1S/C14H14N4O2/c1-20-11-6-10-8(7-16-11)2-3-9-12(10)17-18-5-4-15-14(19)13(9)18/h6-7H,2-5H2,1H3,(H,15,19). The van der Waals surface area contributed by atoms with Crippen LogP contribution in [0.4, 0.5) is 0 Å². The van der Waals surface area contributed by atoms with E-state index in [-0.39, 0.29) is 5.91 Å². The van der Waals surface area contributed by atoms with Crippen LogP contribution >= 0.6 is 0 Å². The average Bonchev–Trinajstić information content (AvgIpc) is 2.87. The van der Waals surface area contributed by atoms with Crippen molar-refractivity contribution in [2.24, 2.45) is 0 Å². The number of aromatic nitrogens is 3. The maximum absolute atomic E-state index is 12.0. The lowest BCUT2D eigenvalue weighted by Gasteiger charge is -2.17. The van der Waals surface area contributed by atoms with Gasteiger partial charge in [0.25, 0.3) is 5.91 Å². The van der Waals surface area contributed by atoms with Crippen molar-refractivity contribution in [3.63, 3.8) is 0 Å². The number of carbonyl (C=O) groups is 1. The van der Waals surface area contributed by atoms with Crippen LogP contribution in [0.1, 0.15) is 21.6 Å². The van der Waals surface area contributed by atoms with E-state index in [0.29, 0.717) is 18.1 Å². The number of ether oxygens (including phenoxy) is 1. The predicted octanol–water partition coefficient (Wildman–Crippen LogP) is 0.796. The fourth-order valence-electron chi connectivity index (χ4n) is 2.98. The highest BCUT2D eigenvalue weighted by atomic mass is 16.5. The Bertz CT molecular complexity index is 720. The molecule has 0 fully saturated rings. The van der Waals surface area contributed by atoms with Gasteiger partial charge in [0.1, 0.15) is 5.69 Å². The molecule has 0 unspecified atom stereocenters. The van der Waals surface area contributed by atoms with Gasteiger partial charge in [0, 0.05) is 29.9 Å². The number of nitrogens with zero attached hydrogens (tertiary/aromatic N) is 3. The van der Waals surface area contributed by atoms with Gasteiger partial charge in [0.15, 0.2) is 0 Å². The second kappa shape index (κ2) is 4.06. The van der Waals surface area contributed by atoms with Crippen LogP contribution in [0, 0.1) is 0 Å². The quantitative estimate of drug-likeness (QED) is 0.832. The van der Waals surface area contributed by atoms with Crippen molar-refractivity contribution in [3.05, 3.63) is 29.1 Å². The zero-order chi connectivity index (χ0) is 13.7. The van der Waals surface area contributed by atoms with Gasteiger partial charge < -0.3 is 10.1 Å². The molecule has 6 nitrogen and oxygen atoms in total. The lowest BCUT2D eigenvalue weighted by molar-refractivity contribution is 0.0923. The number of nitrogens with one attached hydrogen (secondary N) is 1. The van der Waals surface area contributed by atoms with Crippen molar-refractivity contribution < 1.29 is 9.53 Å². The van der Waals surface area contributed by atoms with Crippen LogP contribution in [-0.4, -0.2) is 34.3 Å². The summed E-state index contributed by atoms with van der Waals surface area (Å²) in [5.41, 5.74) is 4.86. The number of hydrogen-bond donors (Lipinski definition) is 1. The Balaban J connectivity index is 1.94. The fourth-order valence-corrected chi connectivity index (χ4v) is 2.98. The maximum Gasteiger partial charge on any atom is 0.269 e. The lowest BCUT2D eigenvalue weighted by atomic mass is 9.90. The molecule has 3 heterocycles. The minimum absolute atomic E-state index is 0.0190. The molecule has 102 valence electrons. The highest BCUT2D eigenvalue weighted by Gasteiger charge is 2.30. The first-order valence-electron chi connectivity index (χ1n) is 6.69. The number of amides is 1. The molecule has 4 rings (SSSR count). The van der Waals surface area contributed by atoms with E-state index >= 15 is 0 Å². The van der Waals surface area contributed by atoms with E-state index in [1.165, 1.54) is 0 Å². The van der Waals surface area contributed by atoms with Crippen LogP contribution in [0.15, 0.2) is 12.3 Å². The molecule has 1 N–H and O–H groups in total. The smallest absolute Gasteiger partial charge is 0.269 e. The van der Waals surface area contributed by atoms with Crippen LogP contribution in [0.25, 0.3) is 11.3 Å². The molecule has 1 aliphatic carbocycles. The van der Waals surface area contributed by atoms with E-state index in [1.807, 2.05) is 16.9 Å². The number of carbonyl (C=O) groups excluding carboxylic acids is 1. The Morgan fingerprint density at radius 2 is 2.30 bits per heavy atom. The molecular weight excluding hydrogens is 256 g/mol. The van der Waals surface area contributed by atoms with Gasteiger partial charge in [-0.15, -0.1) is 0 Å². The van der Waals surface area contributed by atoms with Gasteiger partial charge in [0.2, 0.25) is 5.88 Å². The third kappa shape index (κ3) is 1.47. The molecule has 2 aromatic heterocycles. The molecule has 0 saturated carbocycles. The van der Waals surface area contributed by atoms with Crippen molar-refractivity contribution in [2.45, 2.75) is 19.4 Å². The summed E-state index contributed by atoms with van der Waals surface area (Å²) in [7, 11) is 1.60. The normalized spacial score (nSPS) is 15.9. The fraction of sp³-hybridized carbons (Fsp3) is 0.357. The molecule has 0 atom stereocenters. The van der Waals surface area contributed by atoms with Gasteiger partial charge in [-0.3, -0.25) is 9.48 Å². The van der Waals surface area contributed by atoms with Gasteiger partial charge in [-0.1, -0.05) is 0 Å². The van der Waals surface area contributed by atoms with E-state index in [1.54, 1.807) is 7.11 Å². The second-order valence-electron chi connectivity index (χ2n) is 5.04. The largest absolute Gasteiger partial charge is 0.481 e. The van der Waals surface area contributed by atoms with Crippen LogP contribution in [0.2, 0.25) is 0 Å². The Labute approximate surface area is 115 Å². The SMILES string of the molecule is COc1cc2c(cn1)CCc1c-2nn2c1C(=O)NCC2. The van der Waals surface area contributed by atoms with Crippen molar-refractivity contribution in [2.75, 3.05) is 13.7 Å². The van der Waals surface area contributed by atoms with Gasteiger partial charge in [-0.2, -0.15) is 5.10 Å². The van der Waals surface area contributed by atoms with Gasteiger partial charge >= 0.3 is 0 Å². The molecule has 0 aromatic carbocycles. The van der Waals surface area contributed by atoms with E-state index in [4.69, 9.17) is 4.74 Å². The summed E-state index contributed by atoms with van der Waals surface area (Å²) in [6, 6.07) is 1.91. The van der Waals surface area contributed by atoms with Crippen molar-refractivity contribution in [1.82, 2.24) is 20.1 Å². The highest BCUT2D eigenvalue weighted by molar-refractivity contribution is 5.96. The summed E-state index contributed by atoms with van der Waals surface area (Å²) >= 11 is 0. The van der Waals surface area contributed by atoms with Crippen molar-refractivity contribution >= 4 is 5.91 Å². The number of hydrogen-bond acceptors (Lipinski definition) is 4. The molecule has 2 aromatic rings. The Hall–Kier alpha value is -2.37. The number of fused-ring (bicyclic) bond motifs is 5. The first-order valence-corrected chi connectivity index (χ1v) is 6.69. The second-order valence-corrected chi connectivity index (χ2v) is 5.04. The Morgan fingerprint density at radius 3 is 3.15 bits per heavy atom. The number of pyridine rings is 1. The monoisotopic (exact) mass is 270 g/mol. The molecular formula is C14H14N4O2. The first kappa shape index (κ1) is 11.5. The number of methoxy groups -OCH3 is 1. The molecule has 1 amide bonds. The maximum atomic E-state index is 12.0. The molecule has 0 saturated heterocycles. The summed E-state index contributed by atoms with van der Waals surface area (Å²) in [5.74, 6) is 0.557.